The first-order chi connectivity index (χ1) is 29.3. The van der Waals surface area contributed by atoms with Gasteiger partial charge in [0.05, 0.1) is 21.3 Å². The van der Waals surface area contributed by atoms with Gasteiger partial charge in [0.15, 0.2) is 0 Å². The lowest BCUT2D eigenvalue weighted by atomic mass is 10.00. The van der Waals surface area contributed by atoms with E-state index in [0.29, 0.717) is 19.8 Å². The molecule has 4 aromatic carbocycles. The Bertz CT molecular complexity index is 1640. The second-order valence-corrected chi connectivity index (χ2v) is 16.5. The summed E-state index contributed by atoms with van der Waals surface area (Å²) in [6.45, 7) is 14.7. The molecule has 0 unspecified atom stereocenters. The highest BCUT2D eigenvalue weighted by molar-refractivity contribution is 5.49. The zero-order valence-corrected chi connectivity index (χ0v) is 39.0. The third-order valence-corrected chi connectivity index (χ3v) is 11.5. The molecule has 330 valence electrons. The number of ether oxygens (including phenoxy) is 6. The molecule has 0 aliphatic carbocycles. The molecule has 60 heavy (non-hydrogen) atoms. The highest BCUT2D eigenvalue weighted by Crippen LogP contribution is 2.35. The van der Waals surface area contributed by atoms with E-state index in [1.807, 2.05) is 0 Å². The molecule has 0 N–H and O–H groups in total. The minimum absolute atomic E-state index is 0.441. The molecule has 0 aromatic heterocycles. The summed E-state index contributed by atoms with van der Waals surface area (Å²) in [6.07, 6.45) is 19.1. The van der Waals surface area contributed by atoms with Crippen molar-refractivity contribution in [2.45, 2.75) is 177 Å². The number of rotatable bonds is 30. The molecular weight excluding hydrogens is 745 g/mol. The monoisotopic (exact) mass is 823 g/mol. The molecule has 0 bridgehead atoms. The fraction of sp³-hybridized carbons (Fsp3) is 0.556. The number of aryl methyl sites for hydroxylation is 6. The number of benzene rings is 4. The molecule has 0 aliphatic heterocycles. The molecule has 0 amide bonds. The van der Waals surface area contributed by atoms with Crippen LogP contribution in [-0.4, -0.2) is 21.3 Å². The molecule has 0 heterocycles. The van der Waals surface area contributed by atoms with Crippen molar-refractivity contribution in [1.29, 1.82) is 0 Å². The summed E-state index contributed by atoms with van der Waals surface area (Å²) in [4.78, 5) is 0. The standard InChI is InChI=1S/C54H78O6/c1-10-16-22-43-34-52(46(25-19-13-4)31-49(43)55-7)58-37-40-28-41(38-59-53-35-44(23-17-11-2)50(56-8)32-47(53)26-20-14-5)30-42(29-40)39-60-54-36-45(24-18-12-3)51(57-9)33-48(54)27-21-15-6/h28-36H,10-27,37-39H2,1-9H3. The van der Waals surface area contributed by atoms with Gasteiger partial charge in [0.25, 0.3) is 0 Å². The molecular formula is C54H78O6. The minimum Gasteiger partial charge on any atom is -0.496 e. The molecule has 0 radical (unpaired) electrons. The van der Waals surface area contributed by atoms with Gasteiger partial charge in [0.1, 0.15) is 54.3 Å². The van der Waals surface area contributed by atoms with Gasteiger partial charge in [0, 0.05) is 0 Å². The summed E-state index contributed by atoms with van der Waals surface area (Å²) < 4.78 is 38.0. The van der Waals surface area contributed by atoms with Gasteiger partial charge in [-0.15, -0.1) is 0 Å². The summed E-state index contributed by atoms with van der Waals surface area (Å²) in [6, 6.07) is 20.0. The fourth-order valence-electron chi connectivity index (χ4n) is 7.85. The first kappa shape index (κ1) is 48.3. The zero-order valence-electron chi connectivity index (χ0n) is 39.0. The maximum Gasteiger partial charge on any atom is 0.123 e. The van der Waals surface area contributed by atoms with E-state index in [4.69, 9.17) is 28.4 Å². The Kier molecular flexibility index (Phi) is 21.6. The van der Waals surface area contributed by atoms with Crippen molar-refractivity contribution in [3.8, 4) is 34.5 Å². The largest absolute Gasteiger partial charge is 0.496 e. The Labute approximate surface area is 364 Å². The van der Waals surface area contributed by atoms with Crippen molar-refractivity contribution < 1.29 is 28.4 Å². The lowest BCUT2D eigenvalue weighted by Crippen LogP contribution is -2.07. The van der Waals surface area contributed by atoms with Crippen molar-refractivity contribution in [2.24, 2.45) is 0 Å². The van der Waals surface area contributed by atoms with E-state index in [1.54, 1.807) is 21.3 Å². The van der Waals surface area contributed by atoms with Crippen LogP contribution in [0.3, 0.4) is 0 Å². The van der Waals surface area contributed by atoms with Gasteiger partial charge in [-0.2, -0.15) is 0 Å². The van der Waals surface area contributed by atoms with Crippen LogP contribution in [0.1, 0.15) is 169 Å². The smallest absolute Gasteiger partial charge is 0.123 e. The number of unbranched alkanes of at least 4 members (excludes halogenated alkanes) is 6. The van der Waals surface area contributed by atoms with Crippen LogP contribution in [0.15, 0.2) is 54.6 Å². The molecule has 0 atom stereocenters. The van der Waals surface area contributed by atoms with E-state index in [0.717, 1.165) is 167 Å². The first-order valence-corrected chi connectivity index (χ1v) is 23.4. The molecule has 4 rings (SSSR count). The van der Waals surface area contributed by atoms with Crippen LogP contribution in [-0.2, 0) is 58.3 Å². The third kappa shape index (κ3) is 14.7. The van der Waals surface area contributed by atoms with Crippen LogP contribution in [0, 0.1) is 0 Å². The lowest BCUT2D eigenvalue weighted by molar-refractivity contribution is 0.289. The SMILES string of the molecule is CCCCc1cc(OCc2cc(COc3cc(CCCC)c(OC)cc3CCCC)cc(COc3cc(CCCC)c(OC)cc3CCCC)c2)c(CCCC)cc1OC. The molecule has 6 nitrogen and oxygen atoms in total. The third-order valence-electron chi connectivity index (χ3n) is 11.5. The number of methoxy groups -OCH3 is 3. The number of hydrogen-bond acceptors (Lipinski definition) is 6. The van der Waals surface area contributed by atoms with Crippen molar-refractivity contribution in [3.05, 3.63) is 105 Å². The first-order valence-electron chi connectivity index (χ1n) is 23.4. The molecule has 0 aliphatic rings. The summed E-state index contributed by atoms with van der Waals surface area (Å²) in [5.41, 5.74) is 10.5. The predicted molar refractivity (Wildman–Crippen MR) is 250 cm³/mol. The lowest BCUT2D eigenvalue weighted by Gasteiger charge is -2.19. The number of hydrogen-bond donors (Lipinski definition) is 0. The summed E-state index contributed by atoms with van der Waals surface area (Å²) in [7, 11) is 5.34. The van der Waals surface area contributed by atoms with Crippen molar-refractivity contribution in [1.82, 2.24) is 0 Å². The molecule has 6 heteroatoms. The van der Waals surface area contributed by atoms with Gasteiger partial charge in [-0.3, -0.25) is 0 Å². The van der Waals surface area contributed by atoms with Crippen LogP contribution < -0.4 is 28.4 Å². The van der Waals surface area contributed by atoms with Crippen LogP contribution >= 0.6 is 0 Å². The van der Waals surface area contributed by atoms with Crippen molar-refractivity contribution in [2.75, 3.05) is 21.3 Å². The Morgan fingerprint density at radius 2 is 0.483 bits per heavy atom. The Morgan fingerprint density at radius 1 is 0.283 bits per heavy atom. The van der Waals surface area contributed by atoms with Crippen LogP contribution in [0.25, 0.3) is 0 Å². The maximum atomic E-state index is 6.80. The van der Waals surface area contributed by atoms with Gasteiger partial charge >= 0.3 is 0 Å². The topological polar surface area (TPSA) is 55.4 Å². The zero-order chi connectivity index (χ0) is 43.1. The maximum absolute atomic E-state index is 6.80. The molecule has 0 fully saturated rings. The Balaban J connectivity index is 1.73. The van der Waals surface area contributed by atoms with E-state index in [1.165, 1.54) is 33.4 Å². The van der Waals surface area contributed by atoms with E-state index in [-0.39, 0.29) is 0 Å². The van der Waals surface area contributed by atoms with E-state index >= 15 is 0 Å². The van der Waals surface area contributed by atoms with Gasteiger partial charge in [-0.25, -0.2) is 0 Å². The molecule has 4 aromatic rings. The van der Waals surface area contributed by atoms with E-state index in [9.17, 15) is 0 Å². The van der Waals surface area contributed by atoms with Gasteiger partial charge in [0.2, 0.25) is 0 Å². The normalized spacial score (nSPS) is 11.2. The Morgan fingerprint density at radius 3 is 0.683 bits per heavy atom. The summed E-state index contributed by atoms with van der Waals surface area (Å²) >= 11 is 0. The highest BCUT2D eigenvalue weighted by atomic mass is 16.5. The van der Waals surface area contributed by atoms with E-state index in [2.05, 4.69) is 96.1 Å². The van der Waals surface area contributed by atoms with Crippen molar-refractivity contribution >= 4 is 0 Å². The second-order valence-electron chi connectivity index (χ2n) is 16.5. The quantitative estimate of drug-likeness (QED) is 0.0522. The Hall–Kier alpha value is -4.32. The van der Waals surface area contributed by atoms with Crippen LogP contribution in [0.5, 0.6) is 34.5 Å². The second kappa shape index (κ2) is 26.8. The van der Waals surface area contributed by atoms with Gasteiger partial charge < -0.3 is 28.4 Å². The van der Waals surface area contributed by atoms with Crippen LogP contribution in [0.2, 0.25) is 0 Å². The predicted octanol–water partition coefficient (Wildman–Crippen LogP) is 14.5. The van der Waals surface area contributed by atoms with Crippen LogP contribution in [0.4, 0.5) is 0 Å². The summed E-state index contributed by atoms with van der Waals surface area (Å²) in [5.74, 6) is 5.74. The van der Waals surface area contributed by atoms with Crippen molar-refractivity contribution in [3.63, 3.8) is 0 Å². The average Bonchev–Trinajstić information content (AvgIpc) is 3.27. The van der Waals surface area contributed by atoms with E-state index < -0.39 is 0 Å². The van der Waals surface area contributed by atoms with Gasteiger partial charge in [-0.05, 0) is 182 Å². The average molecular weight is 823 g/mol. The summed E-state index contributed by atoms with van der Waals surface area (Å²) in [5, 5.41) is 0. The minimum atomic E-state index is 0.441. The molecule has 0 saturated heterocycles. The molecule has 0 saturated carbocycles. The highest BCUT2D eigenvalue weighted by Gasteiger charge is 2.17. The van der Waals surface area contributed by atoms with Gasteiger partial charge in [-0.1, -0.05) is 80.1 Å². The molecule has 0 spiro atoms. The fourth-order valence-corrected chi connectivity index (χ4v) is 7.85.